The summed E-state index contributed by atoms with van der Waals surface area (Å²) in [6, 6.07) is 5.53. The van der Waals surface area contributed by atoms with Crippen molar-refractivity contribution in [1.82, 2.24) is 5.32 Å². The number of anilines is 1. The van der Waals surface area contributed by atoms with E-state index in [9.17, 15) is 4.79 Å². The fourth-order valence-electron chi connectivity index (χ4n) is 1.52. The Morgan fingerprint density at radius 3 is 2.76 bits per heavy atom. The van der Waals surface area contributed by atoms with Gasteiger partial charge in [-0.2, -0.15) is 0 Å². The van der Waals surface area contributed by atoms with Crippen LogP contribution in [0.5, 0.6) is 0 Å². The van der Waals surface area contributed by atoms with Gasteiger partial charge in [-0.1, -0.05) is 25.1 Å². The number of nitrogens with zero attached hydrogens (tertiary/aromatic N) is 1. The molecule has 5 nitrogen and oxygen atoms in total. The molecule has 0 aromatic heterocycles. The zero-order chi connectivity index (χ0) is 12.8. The van der Waals surface area contributed by atoms with E-state index >= 15 is 0 Å². The maximum absolute atomic E-state index is 11.6. The molecule has 0 unspecified atom stereocenters. The van der Waals surface area contributed by atoms with Crippen LogP contribution >= 0.6 is 0 Å². The summed E-state index contributed by atoms with van der Waals surface area (Å²) in [7, 11) is 1.51. The number of benzene rings is 1. The van der Waals surface area contributed by atoms with E-state index < -0.39 is 0 Å². The van der Waals surface area contributed by atoms with Gasteiger partial charge in [0, 0.05) is 12.7 Å². The highest BCUT2D eigenvalue weighted by Gasteiger charge is 2.08. The van der Waals surface area contributed by atoms with E-state index in [1.165, 1.54) is 7.05 Å². The van der Waals surface area contributed by atoms with Gasteiger partial charge in [0.05, 0.1) is 0 Å². The van der Waals surface area contributed by atoms with Gasteiger partial charge in [-0.05, 0) is 24.5 Å². The summed E-state index contributed by atoms with van der Waals surface area (Å²) in [5.74, 6) is 0.0918. The van der Waals surface area contributed by atoms with Gasteiger partial charge in [0.2, 0.25) is 0 Å². The summed E-state index contributed by atoms with van der Waals surface area (Å²) in [6.45, 7) is 3.99. The molecule has 0 saturated heterocycles. The molecule has 0 atom stereocenters. The third kappa shape index (κ3) is 3.48. The van der Waals surface area contributed by atoms with Gasteiger partial charge in [0.15, 0.2) is 5.96 Å². The Hall–Kier alpha value is -2.04. The number of urea groups is 1. The summed E-state index contributed by atoms with van der Waals surface area (Å²) in [5, 5.41) is 5.22. The molecule has 92 valence electrons. The fraction of sp³-hybridized carbons (Fsp3) is 0.333. The highest BCUT2D eigenvalue weighted by atomic mass is 16.2. The molecule has 1 aromatic carbocycles. The number of hydrogen-bond acceptors (Lipinski definition) is 2. The molecule has 0 aliphatic carbocycles. The summed E-state index contributed by atoms with van der Waals surface area (Å²) in [6.07, 6.45) is 0.856. The van der Waals surface area contributed by atoms with E-state index in [0.717, 1.165) is 23.2 Å². The topological polar surface area (TPSA) is 79.5 Å². The van der Waals surface area contributed by atoms with Crippen LogP contribution in [0, 0.1) is 6.92 Å². The monoisotopic (exact) mass is 234 g/mol. The van der Waals surface area contributed by atoms with Crippen molar-refractivity contribution in [2.24, 2.45) is 10.7 Å². The van der Waals surface area contributed by atoms with E-state index in [2.05, 4.69) is 15.6 Å². The quantitative estimate of drug-likeness (QED) is 0.537. The van der Waals surface area contributed by atoms with Crippen molar-refractivity contribution in [2.45, 2.75) is 20.3 Å². The molecule has 0 aliphatic rings. The smallest absolute Gasteiger partial charge is 0.326 e. The van der Waals surface area contributed by atoms with E-state index in [4.69, 9.17) is 5.73 Å². The van der Waals surface area contributed by atoms with Crippen LogP contribution < -0.4 is 16.4 Å². The van der Waals surface area contributed by atoms with Crippen molar-refractivity contribution in [3.05, 3.63) is 29.3 Å². The number of aliphatic imine (C=N–C) groups is 1. The van der Waals surface area contributed by atoms with E-state index in [0.29, 0.717) is 0 Å². The van der Waals surface area contributed by atoms with Gasteiger partial charge < -0.3 is 11.1 Å². The average Bonchev–Trinajstić information content (AvgIpc) is 2.31. The molecule has 0 spiro atoms. The van der Waals surface area contributed by atoms with E-state index in [1.807, 2.05) is 32.0 Å². The normalized spacial score (nSPS) is 11.1. The first-order valence-corrected chi connectivity index (χ1v) is 5.47. The first-order chi connectivity index (χ1) is 8.08. The second-order valence-electron chi connectivity index (χ2n) is 3.65. The van der Waals surface area contributed by atoms with Gasteiger partial charge in [0.25, 0.3) is 0 Å². The first-order valence-electron chi connectivity index (χ1n) is 5.47. The van der Waals surface area contributed by atoms with Crippen LogP contribution in [-0.4, -0.2) is 19.0 Å². The van der Waals surface area contributed by atoms with Crippen molar-refractivity contribution in [1.29, 1.82) is 0 Å². The molecule has 17 heavy (non-hydrogen) atoms. The maximum atomic E-state index is 11.6. The number of carbonyl (C=O) groups excluding carboxylic acids is 1. The second kappa shape index (κ2) is 5.89. The molecule has 0 aliphatic heterocycles. The third-order valence-electron chi connectivity index (χ3n) is 2.46. The van der Waals surface area contributed by atoms with Crippen molar-refractivity contribution >= 4 is 17.7 Å². The molecule has 0 fully saturated rings. The third-order valence-corrected chi connectivity index (χ3v) is 2.46. The molecule has 0 radical (unpaired) electrons. The molecule has 1 aromatic rings. The average molecular weight is 234 g/mol. The molecule has 1 rings (SSSR count). The minimum atomic E-state index is -0.378. The highest BCUT2D eigenvalue weighted by molar-refractivity contribution is 6.02. The summed E-state index contributed by atoms with van der Waals surface area (Å²) in [5.41, 5.74) is 8.35. The maximum Gasteiger partial charge on any atom is 0.326 e. The minimum Gasteiger partial charge on any atom is -0.370 e. The number of nitrogens with one attached hydrogen (secondary N) is 2. The lowest BCUT2D eigenvalue weighted by Gasteiger charge is -2.13. The van der Waals surface area contributed by atoms with Gasteiger partial charge in [0.1, 0.15) is 0 Å². The predicted octanol–water partition coefficient (Wildman–Crippen LogP) is 1.62. The Kier molecular flexibility index (Phi) is 4.51. The number of rotatable bonds is 2. The van der Waals surface area contributed by atoms with Crippen LogP contribution in [-0.2, 0) is 6.42 Å². The number of nitrogens with two attached hydrogens (primary N) is 1. The SMILES string of the molecule is CCc1cccc(C)c1NC(=O)NC(N)=NC. The number of carbonyl (C=O) groups is 1. The Bertz CT molecular complexity index is 440. The largest absolute Gasteiger partial charge is 0.370 e. The highest BCUT2D eigenvalue weighted by Crippen LogP contribution is 2.20. The van der Waals surface area contributed by atoms with E-state index in [1.54, 1.807) is 0 Å². The molecule has 0 bridgehead atoms. The Balaban J connectivity index is 2.84. The molecular formula is C12H18N4O. The van der Waals surface area contributed by atoms with Crippen LogP contribution in [0.4, 0.5) is 10.5 Å². The number of guanidine groups is 1. The molecule has 5 heteroatoms. The lowest BCUT2D eigenvalue weighted by molar-refractivity contribution is 0.256. The van der Waals surface area contributed by atoms with Gasteiger partial charge >= 0.3 is 6.03 Å². The lowest BCUT2D eigenvalue weighted by atomic mass is 10.1. The van der Waals surface area contributed by atoms with Gasteiger partial charge in [-0.15, -0.1) is 0 Å². The summed E-state index contributed by atoms with van der Waals surface area (Å²) >= 11 is 0. The standard InChI is InChI=1S/C12H18N4O/c1-4-9-7-5-6-8(2)10(9)15-12(17)16-11(13)14-3/h5-7H,4H2,1-3H3,(H4,13,14,15,16,17). The van der Waals surface area contributed by atoms with E-state index in [-0.39, 0.29) is 12.0 Å². The second-order valence-corrected chi connectivity index (χ2v) is 3.65. The Morgan fingerprint density at radius 1 is 1.47 bits per heavy atom. The predicted molar refractivity (Wildman–Crippen MR) is 70.3 cm³/mol. The number of aryl methyl sites for hydroxylation is 2. The first kappa shape index (κ1) is 13.0. The van der Waals surface area contributed by atoms with Gasteiger partial charge in [-0.25, -0.2) is 4.79 Å². The number of hydrogen-bond donors (Lipinski definition) is 3. The van der Waals surface area contributed by atoms with Crippen LogP contribution in [0.15, 0.2) is 23.2 Å². The molecular weight excluding hydrogens is 216 g/mol. The fourth-order valence-corrected chi connectivity index (χ4v) is 1.52. The summed E-state index contributed by atoms with van der Waals surface area (Å²) in [4.78, 5) is 15.3. The number of para-hydroxylation sites is 1. The van der Waals surface area contributed by atoms with Crippen molar-refractivity contribution in [2.75, 3.05) is 12.4 Å². The Labute approximate surface area is 101 Å². The van der Waals surface area contributed by atoms with Gasteiger partial charge in [-0.3, -0.25) is 10.3 Å². The molecule has 2 amide bonds. The molecule has 4 N–H and O–H groups in total. The van der Waals surface area contributed by atoms with Crippen LogP contribution in [0.25, 0.3) is 0 Å². The Morgan fingerprint density at radius 2 is 2.18 bits per heavy atom. The molecule has 0 saturated carbocycles. The zero-order valence-electron chi connectivity index (χ0n) is 10.4. The van der Waals surface area contributed by atoms with Crippen LogP contribution in [0.3, 0.4) is 0 Å². The molecule has 0 heterocycles. The zero-order valence-corrected chi connectivity index (χ0v) is 10.4. The van der Waals surface area contributed by atoms with Crippen molar-refractivity contribution in [3.8, 4) is 0 Å². The van der Waals surface area contributed by atoms with Crippen molar-refractivity contribution in [3.63, 3.8) is 0 Å². The van der Waals surface area contributed by atoms with Crippen LogP contribution in [0.2, 0.25) is 0 Å². The van der Waals surface area contributed by atoms with Crippen molar-refractivity contribution < 1.29 is 4.79 Å². The lowest BCUT2D eigenvalue weighted by Crippen LogP contribution is -2.39. The minimum absolute atomic E-state index is 0.0918. The van der Waals surface area contributed by atoms with Crippen LogP contribution in [0.1, 0.15) is 18.1 Å². The summed E-state index contributed by atoms with van der Waals surface area (Å²) < 4.78 is 0. The number of amides is 2.